The average Bonchev–Trinajstić information content (AvgIpc) is 2.91. The van der Waals surface area contributed by atoms with Gasteiger partial charge in [0.2, 0.25) is 0 Å². The first-order valence-corrected chi connectivity index (χ1v) is 8.47. The molecule has 1 aromatic rings. The Morgan fingerprint density at radius 3 is 2.64 bits per heavy atom. The van der Waals surface area contributed by atoms with Crippen molar-refractivity contribution in [2.24, 2.45) is 23.9 Å². The van der Waals surface area contributed by atoms with Crippen molar-refractivity contribution in [2.75, 3.05) is 6.54 Å². The highest BCUT2D eigenvalue weighted by molar-refractivity contribution is 5.80. The molecular weight excluding hydrogens is 276 g/mol. The molecule has 0 saturated heterocycles. The molecule has 1 aliphatic carbocycles. The third-order valence-corrected chi connectivity index (χ3v) is 4.58. The summed E-state index contributed by atoms with van der Waals surface area (Å²) in [4.78, 5) is 8.85. The van der Waals surface area contributed by atoms with Crippen LogP contribution in [0, 0.1) is 11.8 Å². The summed E-state index contributed by atoms with van der Waals surface area (Å²) in [5.74, 6) is 3.45. The lowest BCUT2D eigenvalue weighted by Gasteiger charge is -2.32. The number of nitrogens with one attached hydrogen (secondary N) is 2. The monoisotopic (exact) mass is 306 g/mol. The molecule has 0 unspecified atom stereocenters. The Hall–Kier alpha value is -1.59. The Balaban J connectivity index is 1.88. The Morgan fingerprint density at radius 1 is 1.36 bits per heavy atom. The molecule has 2 rings (SSSR count). The standard InChI is InChI=1S/C16H30N6/c1-5-17-16(18-10-15-19-11-20-22(15)4)21-14-8-6-13(7-9-14)12(2)3/h11-14H,5-10H2,1-4H3,(H2,17,18,21). The van der Waals surface area contributed by atoms with E-state index in [-0.39, 0.29) is 0 Å². The molecule has 6 nitrogen and oxygen atoms in total. The van der Waals surface area contributed by atoms with Gasteiger partial charge in [-0.2, -0.15) is 5.10 Å². The van der Waals surface area contributed by atoms with Gasteiger partial charge in [-0.3, -0.25) is 4.68 Å². The molecule has 1 fully saturated rings. The lowest BCUT2D eigenvalue weighted by molar-refractivity contribution is 0.250. The molecule has 0 amide bonds. The molecule has 1 heterocycles. The highest BCUT2D eigenvalue weighted by Gasteiger charge is 2.23. The van der Waals surface area contributed by atoms with Gasteiger partial charge in [-0.1, -0.05) is 13.8 Å². The molecule has 22 heavy (non-hydrogen) atoms. The quantitative estimate of drug-likeness (QED) is 0.646. The highest BCUT2D eigenvalue weighted by atomic mass is 15.3. The summed E-state index contributed by atoms with van der Waals surface area (Å²) in [6.07, 6.45) is 6.67. The maximum Gasteiger partial charge on any atom is 0.191 e. The molecule has 0 atom stereocenters. The van der Waals surface area contributed by atoms with Gasteiger partial charge in [0.1, 0.15) is 18.7 Å². The van der Waals surface area contributed by atoms with Gasteiger partial charge in [0, 0.05) is 19.6 Å². The number of hydrogen-bond acceptors (Lipinski definition) is 3. The first-order chi connectivity index (χ1) is 10.6. The number of rotatable bonds is 5. The predicted molar refractivity (Wildman–Crippen MR) is 89.5 cm³/mol. The highest BCUT2D eigenvalue weighted by Crippen LogP contribution is 2.29. The van der Waals surface area contributed by atoms with Crippen LogP contribution in [-0.2, 0) is 13.6 Å². The van der Waals surface area contributed by atoms with Crippen LogP contribution in [0.25, 0.3) is 0 Å². The number of hydrogen-bond donors (Lipinski definition) is 2. The van der Waals surface area contributed by atoms with Crippen LogP contribution in [0.3, 0.4) is 0 Å². The number of aliphatic imine (C=N–C) groups is 1. The largest absolute Gasteiger partial charge is 0.357 e. The van der Waals surface area contributed by atoms with Gasteiger partial charge in [-0.15, -0.1) is 0 Å². The van der Waals surface area contributed by atoms with E-state index in [0.29, 0.717) is 12.6 Å². The molecule has 6 heteroatoms. The van der Waals surface area contributed by atoms with Gasteiger partial charge in [-0.25, -0.2) is 9.98 Å². The van der Waals surface area contributed by atoms with Gasteiger partial charge in [0.05, 0.1) is 0 Å². The zero-order valence-corrected chi connectivity index (χ0v) is 14.3. The topological polar surface area (TPSA) is 67.1 Å². The van der Waals surface area contributed by atoms with Crippen LogP contribution in [-0.4, -0.2) is 33.3 Å². The second-order valence-corrected chi connectivity index (χ2v) is 6.50. The van der Waals surface area contributed by atoms with E-state index in [1.54, 1.807) is 11.0 Å². The van der Waals surface area contributed by atoms with E-state index in [4.69, 9.17) is 0 Å². The van der Waals surface area contributed by atoms with Gasteiger partial charge in [-0.05, 0) is 44.4 Å². The average molecular weight is 306 g/mol. The minimum Gasteiger partial charge on any atom is -0.357 e. The molecule has 1 aromatic heterocycles. The minimum absolute atomic E-state index is 0.535. The van der Waals surface area contributed by atoms with Gasteiger partial charge < -0.3 is 10.6 Å². The van der Waals surface area contributed by atoms with Crippen molar-refractivity contribution < 1.29 is 0 Å². The molecule has 0 aliphatic heterocycles. The van der Waals surface area contributed by atoms with Crippen molar-refractivity contribution in [1.29, 1.82) is 0 Å². The molecule has 124 valence electrons. The van der Waals surface area contributed by atoms with Crippen molar-refractivity contribution >= 4 is 5.96 Å². The van der Waals surface area contributed by atoms with E-state index in [1.807, 2.05) is 7.05 Å². The van der Waals surface area contributed by atoms with E-state index in [9.17, 15) is 0 Å². The number of guanidine groups is 1. The smallest absolute Gasteiger partial charge is 0.191 e. The summed E-state index contributed by atoms with van der Waals surface area (Å²) in [6, 6.07) is 0.535. The Labute approximate surface area is 133 Å². The van der Waals surface area contributed by atoms with Gasteiger partial charge in [0.25, 0.3) is 0 Å². The second-order valence-electron chi connectivity index (χ2n) is 6.50. The molecule has 0 aromatic carbocycles. The van der Waals surface area contributed by atoms with Gasteiger partial charge in [0.15, 0.2) is 5.96 Å². The zero-order chi connectivity index (χ0) is 15.9. The maximum absolute atomic E-state index is 4.64. The van der Waals surface area contributed by atoms with Crippen molar-refractivity contribution in [3.63, 3.8) is 0 Å². The molecule has 1 saturated carbocycles. The first kappa shape index (κ1) is 16.8. The lowest BCUT2D eigenvalue weighted by atomic mass is 9.80. The predicted octanol–water partition coefficient (Wildman–Crippen LogP) is 2.08. The summed E-state index contributed by atoms with van der Waals surface area (Å²) >= 11 is 0. The third kappa shape index (κ3) is 4.71. The zero-order valence-electron chi connectivity index (χ0n) is 14.3. The van der Waals surface area contributed by atoms with Crippen molar-refractivity contribution in [3.05, 3.63) is 12.2 Å². The van der Waals surface area contributed by atoms with E-state index in [1.165, 1.54) is 25.7 Å². The molecule has 0 bridgehead atoms. The second kappa shape index (κ2) is 8.15. The van der Waals surface area contributed by atoms with Crippen LogP contribution in [0.5, 0.6) is 0 Å². The third-order valence-electron chi connectivity index (χ3n) is 4.58. The molecule has 2 N–H and O–H groups in total. The van der Waals surface area contributed by atoms with Crippen molar-refractivity contribution in [2.45, 2.75) is 59.0 Å². The molecular formula is C16H30N6. The Kier molecular flexibility index (Phi) is 6.21. The summed E-state index contributed by atoms with van der Waals surface area (Å²) in [6.45, 7) is 8.18. The Morgan fingerprint density at radius 2 is 2.09 bits per heavy atom. The summed E-state index contributed by atoms with van der Waals surface area (Å²) in [7, 11) is 1.89. The number of aryl methyl sites for hydroxylation is 1. The number of aromatic nitrogens is 3. The fourth-order valence-electron chi connectivity index (χ4n) is 3.06. The maximum atomic E-state index is 4.64. The van der Waals surface area contributed by atoms with Crippen LogP contribution in [0.2, 0.25) is 0 Å². The molecule has 0 radical (unpaired) electrons. The van der Waals surface area contributed by atoms with Crippen LogP contribution >= 0.6 is 0 Å². The summed E-state index contributed by atoms with van der Waals surface area (Å²) < 4.78 is 1.76. The fourth-order valence-corrected chi connectivity index (χ4v) is 3.06. The first-order valence-electron chi connectivity index (χ1n) is 8.47. The van der Waals surface area contributed by atoms with E-state index in [0.717, 1.165) is 30.2 Å². The Bertz CT molecular complexity index is 471. The van der Waals surface area contributed by atoms with E-state index >= 15 is 0 Å². The van der Waals surface area contributed by atoms with Crippen LogP contribution in [0.1, 0.15) is 52.3 Å². The minimum atomic E-state index is 0.535. The SMILES string of the molecule is CCNC(=NCc1ncnn1C)NC1CCC(C(C)C)CC1. The lowest BCUT2D eigenvalue weighted by Crippen LogP contribution is -2.45. The van der Waals surface area contributed by atoms with Crippen LogP contribution in [0.4, 0.5) is 0 Å². The van der Waals surface area contributed by atoms with E-state index < -0.39 is 0 Å². The van der Waals surface area contributed by atoms with Crippen LogP contribution < -0.4 is 10.6 Å². The van der Waals surface area contributed by atoms with Crippen molar-refractivity contribution in [1.82, 2.24) is 25.4 Å². The van der Waals surface area contributed by atoms with E-state index in [2.05, 4.69) is 46.5 Å². The fraction of sp³-hybridized carbons (Fsp3) is 0.812. The van der Waals surface area contributed by atoms with Gasteiger partial charge >= 0.3 is 0 Å². The molecule has 1 aliphatic rings. The normalized spacial score (nSPS) is 22.9. The molecule has 0 spiro atoms. The number of nitrogens with zero attached hydrogens (tertiary/aromatic N) is 4. The summed E-state index contributed by atoms with van der Waals surface area (Å²) in [5.41, 5.74) is 0. The summed E-state index contributed by atoms with van der Waals surface area (Å²) in [5, 5.41) is 11.0. The van der Waals surface area contributed by atoms with Crippen molar-refractivity contribution in [3.8, 4) is 0 Å². The van der Waals surface area contributed by atoms with Crippen LogP contribution in [0.15, 0.2) is 11.3 Å².